The molecular formula is C23H40O3. The lowest BCUT2D eigenvalue weighted by molar-refractivity contribution is -0.117. The van der Waals surface area contributed by atoms with Crippen molar-refractivity contribution >= 4 is 5.78 Å². The minimum atomic E-state index is -0.568. The molecule has 0 saturated heterocycles. The van der Waals surface area contributed by atoms with Gasteiger partial charge in [-0.2, -0.15) is 0 Å². The Bertz CT molecular complexity index is 482. The van der Waals surface area contributed by atoms with Crippen molar-refractivity contribution in [2.45, 2.75) is 97.7 Å². The monoisotopic (exact) mass is 364 g/mol. The Labute approximate surface area is 160 Å². The third-order valence-corrected chi connectivity index (χ3v) is 6.72. The molecule has 3 heteroatoms. The average molecular weight is 365 g/mol. The number of unbranched alkanes of at least 4 members (excludes halogenated alkanes) is 2. The summed E-state index contributed by atoms with van der Waals surface area (Å²) in [6.07, 6.45) is 9.44. The molecule has 6 atom stereocenters. The minimum absolute atomic E-state index is 0.0834. The molecule has 26 heavy (non-hydrogen) atoms. The van der Waals surface area contributed by atoms with E-state index < -0.39 is 12.2 Å². The third kappa shape index (κ3) is 5.66. The van der Waals surface area contributed by atoms with Gasteiger partial charge in [-0.1, -0.05) is 65.0 Å². The van der Waals surface area contributed by atoms with Gasteiger partial charge < -0.3 is 10.2 Å². The van der Waals surface area contributed by atoms with Crippen LogP contribution < -0.4 is 0 Å². The van der Waals surface area contributed by atoms with Crippen molar-refractivity contribution in [3.8, 4) is 0 Å². The largest absolute Gasteiger partial charge is 0.392 e. The summed E-state index contributed by atoms with van der Waals surface area (Å²) in [5.41, 5.74) is 1.19. The molecule has 2 aliphatic rings. The van der Waals surface area contributed by atoms with Crippen LogP contribution in [0.15, 0.2) is 11.6 Å². The van der Waals surface area contributed by atoms with E-state index in [9.17, 15) is 15.0 Å². The van der Waals surface area contributed by atoms with E-state index in [0.717, 1.165) is 32.1 Å². The molecular weight excluding hydrogens is 324 g/mol. The Morgan fingerprint density at radius 3 is 2.50 bits per heavy atom. The van der Waals surface area contributed by atoms with Gasteiger partial charge in [0, 0.05) is 18.8 Å². The first kappa shape index (κ1) is 21.6. The fraction of sp³-hybridized carbons (Fsp3) is 0.870. The summed E-state index contributed by atoms with van der Waals surface area (Å²) < 4.78 is 0. The van der Waals surface area contributed by atoms with Crippen LogP contribution in [-0.2, 0) is 4.79 Å². The van der Waals surface area contributed by atoms with Gasteiger partial charge in [-0.25, -0.2) is 0 Å². The Morgan fingerprint density at radius 1 is 1.19 bits per heavy atom. The van der Waals surface area contributed by atoms with Crippen LogP contribution in [0.2, 0.25) is 0 Å². The van der Waals surface area contributed by atoms with E-state index in [1.54, 1.807) is 0 Å². The van der Waals surface area contributed by atoms with Gasteiger partial charge in [-0.05, 0) is 42.9 Å². The lowest BCUT2D eigenvalue weighted by Gasteiger charge is -2.41. The van der Waals surface area contributed by atoms with Crippen molar-refractivity contribution < 1.29 is 15.0 Å². The molecule has 0 aromatic carbocycles. The molecule has 0 amide bonds. The number of carbonyl (C=O) groups excluding carboxylic acids is 1. The van der Waals surface area contributed by atoms with Gasteiger partial charge in [0.2, 0.25) is 0 Å². The Hall–Kier alpha value is -0.670. The first-order chi connectivity index (χ1) is 12.3. The maximum Gasteiger partial charge on any atom is 0.136 e. The number of hydrogen-bond donors (Lipinski definition) is 2. The average Bonchev–Trinajstić information content (AvgIpc) is 2.90. The van der Waals surface area contributed by atoms with Gasteiger partial charge in [0.05, 0.1) is 12.2 Å². The molecule has 0 aliphatic heterocycles. The van der Waals surface area contributed by atoms with E-state index in [1.807, 2.05) is 6.08 Å². The zero-order valence-corrected chi connectivity index (χ0v) is 17.3. The Morgan fingerprint density at radius 2 is 1.92 bits per heavy atom. The number of aliphatic hydroxyl groups excluding tert-OH is 2. The second-order valence-corrected chi connectivity index (χ2v) is 9.28. The van der Waals surface area contributed by atoms with Crippen molar-refractivity contribution in [3.05, 3.63) is 11.6 Å². The summed E-state index contributed by atoms with van der Waals surface area (Å²) in [7, 11) is 0. The van der Waals surface area contributed by atoms with Crippen molar-refractivity contribution in [1.29, 1.82) is 0 Å². The van der Waals surface area contributed by atoms with E-state index in [-0.39, 0.29) is 18.1 Å². The zero-order valence-electron chi connectivity index (χ0n) is 17.3. The lowest BCUT2D eigenvalue weighted by atomic mass is 9.64. The molecule has 2 fully saturated rings. The number of Topliss-reactive ketones (excluding diaryl/α,β-unsaturated/α-hetero) is 1. The standard InChI is InChI=1S/C23H40O3/c1-5-6-7-8-17(24)12-21(22-13-18(25)14-23(22)26)20-11-16(4)9-10-19(20)15(2)3/h12,15-17,19-20,22-24,26H,5-11,13-14H2,1-4H3/t16-,17+,19?,20-,22-,23?/m1/s1. The van der Waals surface area contributed by atoms with Crippen LogP contribution in [0, 0.1) is 29.6 Å². The SMILES string of the molecule is CCCCC[C@H](O)C=C([C@H]1CC(=O)CC1O)[C@@H]1C[C@H](C)CCC1C(C)C. The zero-order chi connectivity index (χ0) is 19.3. The summed E-state index contributed by atoms with van der Waals surface area (Å²) >= 11 is 0. The van der Waals surface area contributed by atoms with Crippen LogP contribution in [0.1, 0.15) is 85.5 Å². The Kier molecular flexibility index (Phi) is 8.35. The number of carbonyl (C=O) groups is 1. The van der Waals surface area contributed by atoms with Crippen LogP contribution in [0.25, 0.3) is 0 Å². The van der Waals surface area contributed by atoms with Gasteiger partial charge in [0.25, 0.3) is 0 Å². The smallest absolute Gasteiger partial charge is 0.136 e. The molecule has 2 rings (SSSR count). The van der Waals surface area contributed by atoms with E-state index >= 15 is 0 Å². The van der Waals surface area contributed by atoms with E-state index in [0.29, 0.717) is 30.1 Å². The van der Waals surface area contributed by atoms with E-state index in [1.165, 1.54) is 18.4 Å². The molecule has 2 unspecified atom stereocenters. The molecule has 3 nitrogen and oxygen atoms in total. The molecule has 0 radical (unpaired) electrons. The molecule has 0 heterocycles. The van der Waals surface area contributed by atoms with E-state index in [4.69, 9.17) is 0 Å². The maximum atomic E-state index is 12.0. The molecule has 2 N–H and O–H groups in total. The normalized spacial score (nSPS) is 34.5. The summed E-state index contributed by atoms with van der Waals surface area (Å²) in [5.74, 6) is 2.32. The van der Waals surface area contributed by atoms with Crippen LogP contribution in [-0.4, -0.2) is 28.2 Å². The van der Waals surface area contributed by atoms with Crippen LogP contribution in [0.4, 0.5) is 0 Å². The number of rotatable bonds is 8. The van der Waals surface area contributed by atoms with Gasteiger partial charge in [-0.15, -0.1) is 0 Å². The van der Waals surface area contributed by atoms with Crippen LogP contribution in [0.5, 0.6) is 0 Å². The topological polar surface area (TPSA) is 57.5 Å². The molecule has 0 spiro atoms. The van der Waals surface area contributed by atoms with E-state index in [2.05, 4.69) is 27.7 Å². The highest BCUT2D eigenvalue weighted by atomic mass is 16.3. The van der Waals surface area contributed by atoms with Crippen molar-refractivity contribution in [3.63, 3.8) is 0 Å². The fourth-order valence-electron chi connectivity index (χ4n) is 5.20. The number of hydrogen-bond acceptors (Lipinski definition) is 3. The van der Waals surface area contributed by atoms with Gasteiger partial charge >= 0.3 is 0 Å². The molecule has 0 aromatic rings. The van der Waals surface area contributed by atoms with Crippen molar-refractivity contribution in [2.24, 2.45) is 29.6 Å². The second-order valence-electron chi connectivity index (χ2n) is 9.28. The minimum Gasteiger partial charge on any atom is -0.392 e. The highest BCUT2D eigenvalue weighted by molar-refractivity contribution is 5.82. The number of ketones is 1. The first-order valence-electron chi connectivity index (χ1n) is 10.9. The maximum absolute atomic E-state index is 12.0. The van der Waals surface area contributed by atoms with Gasteiger partial charge in [-0.3, -0.25) is 4.79 Å². The summed E-state index contributed by atoms with van der Waals surface area (Å²) in [6, 6.07) is 0. The molecule has 2 saturated carbocycles. The summed E-state index contributed by atoms with van der Waals surface area (Å²) in [6.45, 7) is 9.07. The highest BCUT2D eigenvalue weighted by Gasteiger charge is 2.41. The third-order valence-electron chi connectivity index (χ3n) is 6.72. The quantitative estimate of drug-likeness (QED) is 0.475. The fourth-order valence-corrected chi connectivity index (χ4v) is 5.20. The first-order valence-corrected chi connectivity index (χ1v) is 10.9. The molecule has 0 bridgehead atoms. The Balaban J connectivity index is 2.27. The van der Waals surface area contributed by atoms with Crippen LogP contribution >= 0.6 is 0 Å². The van der Waals surface area contributed by atoms with Crippen LogP contribution in [0.3, 0.4) is 0 Å². The second kappa shape index (κ2) is 10.0. The predicted molar refractivity (Wildman–Crippen MR) is 107 cm³/mol. The molecule has 2 aliphatic carbocycles. The molecule has 0 aromatic heterocycles. The van der Waals surface area contributed by atoms with Gasteiger partial charge in [0.15, 0.2) is 0 Å². The van der Waals surface area contributed by atoms with Gasteiger partial charge in [0.1, 0.15) is 5.78 Å². The molecule has 150 valence electrons. The van der Waals surface area contributed by atoms with Crippen molar-refractivity contribution in [2.75, 3.05) is 0 Å². The highest BCUT2D eigenvalue weighted by Crippen LogP contribution is 2.46. The lowest BCUT2D eigenvalue weighted by Crippen LogP contribution is -2.33. The number of aliphatic hydroxyl groups is 2. The summed E-state index contributed by atoms with van der Waals surface area (Å²) in [4.78, 5) is 12.0. The van der Waals surface area contributed by atoms with Crippen molar-refractivity contribution in [1.82, 2.24) is 0 Å². The summed E-state index contributed by atoms with van der Waals surface area (Å²) in [5, 5.41) is 21.2. The predicted octanol–water partition coefficient (Wildman–Crippen LogP) is 4.90.